The standard InChI is InChI=1S/C15H11FN2OS2/c1-9-7-10(16)4-5-11(9)17-14(19)12-8-21-15(18-12)13-3-2-6-20-13/h2-8H,1H3,(H,17,19). The average Bonchev–Trinajstić information content (AvgIpc) is 3.10. The molecular weight excluding hydrogens is 307 g/mol. The van der Waals surface area contributed by atoms with Gasteiger partial charge in [0, 0.05) is 11.1 Å². The molecule has 0 bridgehead atoms. The van der Waals surface area contributed by atoms with Crippen molar-refractivity contribution in [1.29, 1.82) is 0 Å². The first-order valence-electron chi connectivity index (χ1n) is 6.20. The van der Waals surface area contributed by atoms with E-state index >= 15 is 0 Å². The van der Waals surface area contributed by atoms with E-state index < -0.39 is 0 Å². The number of benzene rings is 1. The van der Waals surface area contributed by atoms with Crippen molar-refractivity contribution in [2.75, 3.05) is 5.32 Å². The molecule has 0 saturated carbocycles. The lowest BCUT2D eigenvalue weighted by Crippen LogP contribution is -2.13. The van der Waals surface area contributed by atoms with Gasteiger partial charge in [-0.2, -0.15) is 0 Å². The SMILES string of the molecule is Cc1cc(F)ccc1NC(=O)c1csc(-c2cccs2)n1. The number of thiazole rings is 1. The zero-order valence-corrected chi connectivity index (χ0v) is 12.7. The van der Waals surface area contributed by atoms with Gasteiger partial charge in [0.15, 0.2) is 0 Å². The van der Waals surface area contributed by atoms with E-state index in [1.807, 2.05) is 17.5 Å². The van der Waals surface area contributed by atoms with Crippen molar-refractivity contribution in [2.24, 2.45) is 0 Å². The molecule has 3 rings (SSSR count). The van der Waals surface area contributed by atoms with Crippen molar-refractivity contribution in [1.82, 2.24) is 4.98 Å². The molecule has 3 aromatic rings. The number of thiophene rings is 1. The number of rotatable bonds is 3. The van der Waals surface area contributed by atoms with Crippen LogP contribution in [0.15, 0.2) is 41.1 Å². The molecule has 0 spiro atoms. The molecule has 106 valence electrons. The normalized spacial score (nSPS) is 10.6. The van der Waals surface area contributed by atoms with Crippen LogP contribution in [0.25, 0.3) is 9.88 Å². The fraction of sp³-hybridized carbons (Fsp3) is 0.0667. The quantitative estimate of drug-likeness (QED) is 0.768. The van der Waals surface area contributed by atoms with Gasteiger partial charge in [0.05, 0.1) is 4.88 Å². The Morgan fingerprint density at radius 1 is 1.29 bits per heavy atom. The van der Waals surface area contributed by atoms with E-state index in [-0.39, 0.29) is 11.7 Å². The van der Waals surface area contributed by atoms with E-state index in [4.69, 9.17) is 0 Å². The minimum Gasteiger partial charge on any atom is -0.320 e. The van der Waals surface area contributed by atoms with Crippen LogP contribution >= 0.6 is 22.7 Å². The molecule has 0 saturated heterocycles. The fourth-order valence-corrected chi connectivity index (χ4v) is 3.46. The van der Waals surface area contributed by atoms with E-state index in [1.54, 1.807) is 29.7 Å². The highest BCUT2D eigenvalue weighted by Crippen LogP contribution is 2.28. The summed E-state index contributed by atoms with van der Waals surface area (Å²) < 4.78 is 13.0. The Hall–Kier alpha value is -2.05. The third-order valence-electron chi connectivity index (χ3n) is 2.91. The molecule has 2 heterocycles. The van der Waals surface area contributed by atoms with Gasteiger partial charge in [-0.25, -0.2) is 9.37 Å². The van der Waals surface area contributed by atoms with Crippen LogP contribution in [0.2, 0.25) is 0 Å². The van der Waals surface area contributed by atoms with E-state index in [0.717, 1.165) is 9.88 Å². The van der Waals surface area contributed by atoms with Crippen LogP contribution < -0.4 is 5.32 Å². The van der Waals surface area contributed by atoms with Crippen molar-refractivity contribution in [2.45, 2.75) is 6.92 Å². The molecule has 0 unspecified atom stereocenters. The zero-order valence-electron chi connectivity index (χ0n) is 11.1. The molecule has 1 N–H and O–H groups in total. The highest BCUT2D eigenvalue weighted by Gasteiger charge is 2.13. The number of aromatic nitrogens is 1. The first-order valence-corrected chi connectivity index (χ1v) is 7.96. The lowest BCUT2D eigenvalue weighted by Gasteiger charge is -2.06. The van der Waals surface area contributed by atoms with Crippen molar-refractivity contribution in [3.8, 4) is 9.88 Å². The maximum Gasteiger partial charge on any atom is 0.275 e. The number of anilines is 1. The summed E-state index contributed by atoms with van der Waals surface area (Å²) in [5, 5.41) is 7.28. The third kappa shape index (κ3) is 3.01. The second-order valence-corrected chi connectivity index (χ2v) is 6.23. The molecule has 0 aliphatic carbocycles. The molecule has 0 fully saturated rings. The number of nitrogens with zero attached hydrogens (tertiary/aromatic N) is 1. The van der Waals surface area contributed by atoms with Gasteiger partial charge in [-0.1, -0.05) is 6.07 Å². The maximum absolute atomic E-state index is 13.0. The van der Waals surface area contributed by atoms with Crippen molar-refractivity contribution in [3.63, 3.8) is 0 Å². The third-order valence-corrected chi connectivity index (χ3v) is 4.79. The molecule has 1 amide bonds. The zero-order chi connectivity index (χ0) is 14.8. The number of halogens is 1. The van der Waals surface area contributed by atoms with Crippen LogP contribution in [0.1, 0.15) is 16.1 Å². The molecule has 1 aromatic carbocycles. The van der Waals surface area contributed by atoms with Gasteiger partial charge in [0.1, 0.15) is 16.5 Å². The van der Waals surface area contributed by atoms with E-state index in [2.05, 4.69) is 10.3 Å². The van der Waals surface area contributed by atoms with Gasteiger partial charge < -0.3 is 5.32 Å². The number of aryl methyl sites for hydroxylation is 1. The summed E-state index contributed by atoms with van der Waals surface area (Å²) in [7, 11) is 0. The molecule has 3 nitrogen and oxygen atoms in total. The van der Waals surface area contributed by atoms with E-state index in [1.165, 1.54) is 23.5 Å². The average molecular weight is 318 g/mol. The minimum atomic E-state index is -0.320. The van der Waals surface area contributed by atoms with Crippen LogP contribution in [-0.2, 0) is 0 Å². The number of hydrogen-bond acceptors (Lipinski definition) is 4. The molecule has 6 heteroatoms. The first kappa shape index (κ1) is 13.9. The predicted octanol–water partition coefficient (Wildman–Crippen LogP) is 4.57. The largest absolute Gasteiger partial charge is 0.320 e. The lowest BCUT2D eigenvalue weighted by molar-refractivity contribution is 0.102. The number of hydrogen-bond donors (Lipinski definition) is 1. The summed E-state index contributed by atoms with van der Waals surface area (Å²) in [4.78, 5) is 17.6. The van der Waals surface area contributed by atoms with Crippen LogP contribution in [0.4, 0.5) is 10.1 Å². The van der Waals surface area contributed by atoms with Gasteiger partial charge in [-0.05, 0) is 42.1 Å². The Labute approximate surface area is 129 Å². The molecule has 0 atom stereocenters. The van der Waals surface area contributed by atoms with E-state index in [9.17, 15) is 9.18 Å². The fourth-order valence-electron chi connectivity index (χ4n) is 1.85. The number of amides is 1. The Morgan fingerprint density at radius 3 is 2.86 bits per heavy atom. The molecular formula is C15H11FN2OS2. The van der Waals surface area contributed by atoms with Crippen LogP contribution in [-0.4, -0.2) is 10.9 Å². The van der Waals surface area contributed by atoms with Crippen LogP contribution in [0.5, 0.6) is 0 Å². The second-order valence-electron chi connectivity index (χ2n) is 4.43. The summed E-state index contributed by atoms with van der Waals surface area (Å²) in [5.74, 6) is -0.608. The predicted molar refractivity (Wildman–Crippen MR) is 84.5 cm³/mol. The topological polar surface area (TPSA) is 42.0 Å². The van der Waals surface area contributed by atoms with Crippen molar-refractivity contribution < 1.29 is 9.18 Å². The van der Waals surface area contributed by atoms with Gasteiger partial charge in [0.25, 0.3) is 5.91 Å². The molecule has 21 heavy (non-hydrogen) atoms. The Balaban J connectivity index is 1.79. The number of carbonyl (C=O) groups excluding carboxylic acids is 1. The highest BCUT2D eigenvalue weighted by molar-refractivity contribution is 7.20. The van der Waals surface area contributed by atoms with Crippen molar-refractivity contribution in [3.05, 3.63) is 58.2 Å². The maximum atomic E-state index is 13.0. The van der Waals surface area contributed by atoms with Gasteiger partial charge >= 0.3 is 0 Å². The Morgan fingerprint density at radius 2 is 2.14 bits per heavy atom. The first-order chi connectivity index (χ1) is 10.1. The summed E-state index contributed by atoms with van der Waals surface area (Å²) in [6.45, 7) is 1.75. The minimum absolute atomic E-state index is 0.288. The monoisotopic (exact) mass is 318 g/mol. The molecule has 0 aliphatic rings. The summed E-state index contributed by atoms with van der Waals surface area (Å²) in [6, 6.07) is 8.17. The number of nitrogens with one attached hydrogen (secondary N) is 1. The second kappa shape index (κ2) is 5.75. The molecule has 2 aromatic heterocycles. The van der Waals surface area contributed by atoms with Gasteiger partial charge in [-0.3, -0.25) is 4.79 Å². The summed E-state index contributed by atoms with van der Waals surface area (Å²) >= 11 is 3.01. The lowest BCUT2D eigenvalue weighted by atomic mass is 10.2. The summed E-state index contributed by atoms with van der Waals surface area (Å²) in [6.07, 6.45) is 0. The Kier molecular flexibility index (Phi) is 3.81. The van der Waals surface area contributed by atoms with Crippen LogP contribution in [0.3, 0.4) is 0 Å². The highest BCUT2D eigenvalue weighted by atomic mass is 32.1. The van der Waals surface area contributed by atoms with Crippen molar-refractivity contribution >= 4 is 34.3 Å². The molecule has 0 aliphatic heterocycles. The summed E-state index contributed by atoms with van der Waals surface area (Å²) in [5.41, 5.74) is 1.64. The Bertz CT molecular complexity index is 781. The smallest absolute Gasteiger partial charge is 0.275 e. The van der Waals surface area contributed by atoms with Gasteiger partial charge in [0.2, 0.25) is 0 Å². The van der Waals surface area contributed by atoms with Gasteiger partial charge in [-0.15, -0.1) is 22.7 Å². The van der Waals surface area contributed by atoms with Crippen LogP contribution in [0, 0.1) is 12.7 Å². The molecule has 0 radical (unpaired) electrons. The van der Waals surface area contributed by atoms with E-state index in [0.29, 0.717) is 16.9 Å². The number of carbonyl (C=O) groups is 1.